The van der Waals surface area contributed by atoms with Gasteiger partial charge < -0.3 is 20.6 Å². The molecule has 3 N–H and O–H groups in total. The van der Waals surface area contributed by atoms with E-state index in [9.17, 15) is 5.11 Å². The third-order valence-corrected chi connectivity index (χ3v) is 3.36. The minimum absolute atomic E-state index is 0.0777. The van der Waals surface area contributed by atoms with E-state index in [1.54, 1.807) is 6.33 Å². The molecule has 6 nitrogen and oxygen atoms in total. The molecule has 22 heavy (non-hydrogen) atoms. The first-order valence-electron chi connectivity index (χ1n) is 8.11. The Morgan fingerprint density at radius 1 is 1.05 bits per heavy atom. The second kappa shape index (κ2) is 8.78. The molecule has 0 saturated carbocycles. The number of nitrogen functional groups attached to an aromatic ring is 1. The quantitative estimate of drug-likeness (QED) is 0.726. The van der Waals surface area contributed by atoms with Crippen molar-refractivity contribution >= 4 is 17.3 Å². The molecule has 1 rings (SSSR count). The number of aliphatic hydroxyl groups is 1. The van der Waals surface area contributed by atoms with Crippen LogP contribution in [0.1, 0.15) is 34.6 Å². The Hall–Kier alpha value is -1.56. The Morgan fingerprint density at radius 3 is 1.95 bits per heavy atom. The summed E-state index contributed by atoms with van der Waals surface area (Å²) in [5, 5.41) is 9.20. The van der Waals surface area contributed by atoms with Gasteiger partial charge in [0.1, 0.15) is 12.0 Å². The van der Waals surface area contributed by atoms with E-state index in [4.69, 9.17) is 5.73 Å². The van der Waals surface area contributed by atoms with E-state index in [0.717, 1.165) is 25.5 Å². The molecule has 0 aliphatic carbocycles. The van der Waals surface area contributed by atoms with Crippen molar-refractivity contribution in [1.82, 2.24) is 9.97 Å². The molecule has 0 spiro atoms. The summed E-state index contributed by atoms with van der Waals surface area (Å²) in [5.74, 6) is 2.55. The maximum absolute atomic E-state index is 9.20. The highest BCUT2D eigenvalue weighted by atomic mass is 16.3. The molecule has 0 fully saturated rings. The van der Waals surface area contributed by atoms with Gasteiger partial charge in [0.15, 0.2) is 11.6 Å². The van der Waals surface area contributed by atoms with E-state index < -0.39 is 0 Å². The number of hydrogen-bond acceptors (Lipinski definition) is 6. The summed E-state index contributed by atoms with van der Waals surface area (Å²) in [6.07, 6.45) is 1.56. The topological polar surface area (TPSA) is 78.5 Å². The summed E-state index contributed by atoms with van der Waals surface area (Å²) in [6, 6.07) is 0. The predicted octanol–water partition coefficient (Wildman–Crippen LogP) is 2.00. The first-order chi connectivity index (χ1) is 10.4. The Balaban J connectivity index is 3.15. The summed E-state index contributed by atoms with van der Waals surface area (Å²) < 4.78 is 0. The first kappa shape index (κ1) is 18.5. The van der Waals surface area contributed by atoms with Crippen LogP contribution in [0.4, 0.5) is 17.3 Å². The monoisotopic (exact) mass is 309 g/mol. The first-order valence-corrected chi connectivity index (χ1v) is 8.11. The van der Waals surface area contributed by atoms with Gasteiger partial charge in [-0.3, -0.25) is 0 Å². The van der Waals surface area contributed by atoms with Crippen LogP contribution < -0.4 is 15.5 Å². The summed E-state index contributed by atoms with van der Waals surface area (Å²) in [4.78, 5) is 13.0. The predicted molar refractivity (Wildman–Crippen MR) is 93.3 cm³/mol. The molecule has 0 aliphatic rings. The average Bonchev–Trinajstić information content (AvgIpc) is 2.43. The number of nitrogens with zero attached hydrogens (tertiary/aromatic N) is 4. The van der Waals surface area contributed by atoms with Crippen molar-refractivity contribution in [3.05, 3.63) is 6.33 Å². The van der Waals surface area contributed by atoms with Crippen LogP contribution in [0, 0.1) is 11.8 Å². The Kier molecular flexibility index (Phi) is 7.38. The van der Waals surface area contributed by atoms with Crippen molar-refractivity contribution in [1.29, 1.82) is 0 Å². The number of aliphatic hydroxyl groups excluding tert-OH is 1. The average molecular weight is 309 g/mol. The Labute approximate surface area is 134 Å². The second-order valence-electron chi connectivity index (χ2n) is 6.43. The smallest absolute Gasteiger partial charge is 0.157 e. The largest absolute Gasteiger partial charge is 0.395 e. The standard InChI is InChI=1S/C16H31N5O/c1-6-20(7-8-22)15-14(17)16(19-11-18-15)21(9-12(2)3)10-13(4)5/h11-13,22H,6-10,17H2,1-5H3. The van der Waals surface area contributed by atoms with Crippen molar-refractivity contribution in [3.63, 3.8) is 0 Å². The highest BCUT2D eigenvalue weighted by Crippen LogP contribution is 2.29. The van der Waals surface area contributed by atoms with Gasteiger partial charge in [0.25, 0.3) is 0 Å². The van der Waals surface area contributed by atoms with Crippen molar-refractivity contribution in [2.45, 2.75) is 34.6 Å². The van der Waals surface area contributed by atoms with E-state index >= 15 is 0 Å². The van der Waals surface area contributed by atoms with Crippen LogP contribution in [0.2, 0.25) is 0 Å². The number of hydrogen-bond donors (Lipinski definition) is 2. The molecule has 1 heterocycles. The van der Waals surface area contributed by atoms with E-state index in [1.165, 1.54) is 0 Å². The molecule has 126 valence electrons. The molecule has 1 aromatic rings. The van der Waals surface area contributed by atoms with Crippen molar-refractivity contribution in [2.24, 2.45) is 11.8 Å². The maximum Gasteiger partial charge on any atom is 0.157 e. The molecule has 0 aliphatic heterocycles. The van der Waals surface area contributed by atoms with Gasteiger partial charge in [0, 0.05) is 26.2 Å². The van der Waals surface area contributed by atoms with E-state index in [-0.39, 0.29) is 6.61 Å². The molecular weight excluding hydrogens is 278 g/mol. The van der Waals surface area contributed by atoms with E-state index in [2.05, 4.69) is 42.6 Å². The van der Waals surface area contributed by atoms with Gasteiger partial charge in [-0.05, 0) is 18.8 Å². The minimum Gasteiger partial charge on any atom is -0.395 e. The minimum atomic E-state index is 0.0777. The Bertz CT molecular complexity index is 440. The van der Waals surface area contributed by atoms with Gasteiger partial charge in [-0.15, -0.1) is 0 Å². The lowest BCUT2D eigenvalue weighted by molar-refractivity contribution is 0.302. The van der Waals surface area contributed by atoms with Crippen LogP contribution in [0.3, 0.4) is 0 Å². The van der Waals surface area contributed by atoms with Gasteiger partial charge in [-0.25, -0.2) is 9.97 Å². The highest BCUT2D eigenvalue weighted by Gasteiger charge is 2.19. The van der Waals surface area contributed by atoms with Crippen molar-refractivity contribution in [2.75, 3.05) is 48.3 Å². The zero-order valence-corrected chi connectivity index (χ0v) is 14.6. The molecule has 0 radical (unpaired) electrons. The van der Waals surface area contributed by atoms with Gasteiger partial charge >= 0.3 is 0 Å². The van der Waals surface area contributed by atoms with Crippen molar-refractivity contribution in [3.8, 4) is 0 Å². The van der Waals surface area contributed by atoms with E-state index in [1.807, 2.05) is 11.8 Å². The van der Waals surface area contributed by atoms with Crippen LogP contribution >= 0.6 is 0 Å². The summed E-state index contributed by atoms with van der Waals surface area (Å²) in [5.41, 5.74) is 6.95. The molecule has 0 atom stereocenters. The number of anilines is 3. The fraction of sp³-hybridized carbons (Fsp3) is 0.750. The molecule has 0 unspecified atom stereocenters. The van der Waals surface area contributed by atoms with Gasteiger partial charge in [0.2, 0.25) is 0 Å². The van der Waals surface area contributed by atoms with Crippen LogP contribution in [0.15, 0.2) is 6.33 Å². The van der Waals surface area contributed by atoms with E-state index in [0.29, 0.717) is 29.9 Å². The Morgan fingerprint density at radius 2 is 1.55 bits per heavy atom. The lowest BCUT2D eigenvalue weighted by atomic mass is 10.1. The molecule has 0 saturated heterocycles. The number of aromatic nitrogens is 2. The van der Waals surface area contributed by atoms with Crippen LogP contribution in [0.5, 0.6) is 0 Å². The van der Waals surface area contributed by atoms with Crippen LogP contribution in [0.25, 0.3) is 0 Å². The van der Waals surface area contributed by atoms with Crippen LogP contribution in [-0.2, 0) is 0 Å². The zero-order chi connectivity index (χ0) is 16.7. The molecule has 0 amide bonds. The van der Waals surface area contributed by atoms with Gasteiger partial charge in [-0.2, -0.15) is 0 Å². The summed E-state index contributed by atoms with van der Waals surface area (Å²) in [6.45, 7) is 13.9. The van der Waals surface area contributed by atoms with Gasteiger partial charge in [-0.1, -0.05) is 27.7 Å². The zero-order valence-electron chi connectivity index (χ0n) is 14.6. The SMILES string of the molecule is CCN(CCO)c1ncnc(N(CC(C)C)CC(C)C)c1N. The third-order valence-electron chi connectivity index (χ3n) is 3.36. The second-order valence-corrected chi connectivity index (χ2v) is 6.43. The normalized spacial score (nSPS) is 11.3. The number of nitrogens with two attached hydrogens (primary N) is 1. The molecule has 0 bridgehead atoms. The van der Waals surface area contributed by atoms with Gasteiger partial charge in [0.05, 0.1) is 6.61 Å². The molecule has 6 heteroatoms. The van der Waals surface area contributed by atoms with Crippen LogP contribution in [-0.4, -0.2) is 47.9 Å². The molecule has 0 aromatic carbocycles. The number of rotatable bonds is 9. The highest BCUT2D eigenvalue weighted by molar-refractivity contribution is 5.75. The lowest BCUT2D eigenvalue weighted by Gasteiger charge is -2.30. The number of likely N-dealkylation sites (N-methyl/N-ethyl adjacent to an activating group) is 1. The molecular formula is C16H31N5O. The third kappa shape index (κ3) is 5.02. The fourth-order valence-corrected chi connectivity index (χ4v) is 2.54. The van der Waals surface area contributed by atoms with Crippen molar-refractivity contribution < 1.29 is 5.11 Å². The maximum atomic E-state index is 9.20. The fourth-order valence-electron chi connectivity index (χ4n) is 2.54. The molecule has 1 aromatic heterocycles. The lowest BCUT2D eigenvalue weighted by Crippen LogP contribution is -2.34. The summed E-state index contributed by atoms with van der Waals surface area (Å²) >= 11 is 0. The summed E-state index contributed by atoms with van der Waals surface area (Å²) in [7, 11) is 0.